The van der Waals surface area contributed by atoms with Gasteiger partial charge in [0.2, 0.25) is 0 Å². The van der Waals surface area contributed by atoms with E-state index < -0.39 is 5.97 Å². The second-order valence-corrected chi connectivity index (χ2v) is 4.92. The van der Waals surface area contributed by atoms with Crippen molar-refractivity contribution < 1.29 is 23.9 Å². The molecule has 0 N–H and O–H groups in total. The summed E-state index contributed by atoms with van der Waals surface area (Å²) in [5, 5.41) is 0. The molecule has 23 heavy (non-hydrogen) atoms. The fraction of sp³-hybridized carbons (Fsp3) is 0.167. The first-order valence-electron chi connectivity index (χ1n) is 7.01. The van der Waals surface area contributed by atoms with Gasteiger partial charge in [0, 0.05) is 11.1 Å². The fourth-order valence-corrected chi connectivity index (χ4v) is 1.85. The summed E-state index contributed by atoms with van der Waals surface area (Å²) in [6.45, 7) is 2.69. The lowest BCUT2D eigenvalue weighted by Gasteiger charge is -2.07. The molecule has 2 rings (SSSR count). The molecule has 5 nitrogen and oxygen atoms in total. The van der Waals surface area contributed by atoms with Crippen molar-refractivity contribution in [1.29, 1.82) is 0 Å². The van der Waals surface area contributed by atoms with Gasteiger partial charge in [0.05, 0.1) is 0 Å². The van der Waals surface area contributed by atoms with E-state index in [1.165, 1.54) is 13.8 Å². The Hall–Kier alpha value is -2.95. The summed E-state index contributed by atoms with van der Waals surface area (Å²) in [7, 11) is 0. The summed E-state index contributed by atoms with van der Waals surface area (Å²) in [4.78, 5) is 34.0. The maximum absolute atomic E-state index is 11.7. The zero-order chi connectivity index (χ0) is 16.8. The van der Waals surface area contributed by atoms with E-state index in [0.29, 0.717) is 22.6 Å². The summed E-state index contributed by atoms with van der Waals surface area (Å²) >= 11 is 0. The smallest absolute Gasteiger partial charge is 0.349 e. The lowest BCUT2D eigenvalue weighted by molar-refractivity contribution is -0.136. The van der Waals surface area contributed by atoms with E-state index in [-0.39, 0.29) is 18.2 Å². The first kappa shape index (κ1) is 16.4. The van der Waals surface area contributed by atoms with Crippen LogP contribution in [0, 0.1) is 0 Å². The molecule has 0 bridgehead atoms. The average Bonchev–Trinajstić information content (AvgIpc) is 2.54. The lowest BCUT2D eigenvalue weighted by Crippen LogP contribution is -2.17. The van der Waals surface area contributed by atoms with E-state index in [9.17, 15) is 14.4 Å². The molecule has 0 aromatic heterocycles. The highest BCUT2D eigenvalue weighted by atomic mass is 16.6. The Balaban J connectivity index is 1.87. The Morgan fingerprint density at radius 3 is 1.61 bits per heavy atom. The predicted molar refractivity (Wildman–Crippen MR) is 84.0 cm³/mol. The third kappa shape index (κ3) is 4.78. The van der Waals surface area contributed by atoms with Crippen LogP contribution in [0.4, 0.5) is 0 Å². The van der Waals surface area contributed by atoms with Crippen LogP contribution in [0.2, 0.25) is 0 Å². The Kier molecular flexibility index (Phi) is 5.25. The first-order valence-corrected chi connectivity index (χ1v) is 7.01. The SMILES string of the molecule is CC(=O)c1ccc(OCC(=O)Oc2ccc(C(C)=O)cc2)cc1. The molecular weight excluding hydrogens is 296 g/mol. The van der Waals surface area contributed by atoms with E-state index in [1.807, 2.05) is 0 Å². The highest BCUT2D eigenvalue weighted by Gasteiger charge is 2.07. The summed E-state index contributed by atoms with van der Waals surface area (Å²) in [6, 6.07) is 12.8. The van der Waals surface area contributed by atoms with Gasteiger partial charge in [0.1, 0.15) is 11.5 Å². The van der Waals surface area contributed by atoms with Crippen LogP contribution < -0.4 is 9.47 Å². The van der Waals surface area contributed by atoms with Gasteiger partial charge in [0.25, 0.3) is 0 Å². The van der Waals surface area contributed by atoms with Gasteiger partial charge in [-0.1, -0.05) is 0 Å². The molecule has 0 aliphatic rings. The number of Topliss-reactive ketones (excluding diaryl/α,β-unsaturated/α-hetero) is 2. The summed E-state index contributed by atoms with van der Waals surface area (Å²) in [5.41, 5.74) is 1.12. The molecule has 0 aliphatic carbocycles. The third-order valence-corrected chi connectivity index (χ3v) is 3.11. The van der Waals surface area contributed by atoms with E-state index in [1.54, 1.807) is 48.5 Å². The second-order valence-electron chi connectivity index (χ2n) is 4.92. The number of hydrogen-bond acceptors (Lipinski definition) is 5. The minimum Gasteiger partial charge on any atom is -0.482 e. The van der Waals surface area contributed by atoms with Crippen molar-refractivity contribution in [1.82, 2.24) is 0 Å². The number of ketones is 2. The maximum Gasteiger partial charge on any atom is 0.349 e. The van der Waals surface area contributed by atoms with Gasteiger partial charge in [-0.2, -0.15) is 0 Å². The molecule has 0 saturated carbocycles. The van der Waals surface area contributed by atoms with Crippen LogP contribution in [-0.4, -0.2) is 24.1 Å². The van der Waals surface area contributed by atoms with E-state index in [4.69, 9.17) is 9.47 Å². The van der Waals surface area contributed by atoms with Crippen LogP contribution >= 0.6 is 0 Å². The molecule has 0 unspecified atom stereocenters. The molecule has 0 heterocycles. The molecule has 0 spiro atoms. The second kappa shape index (κ2) is 7.35. The Morgan fingerprint density at radius 2 is 1.17 bits per heavy atom. The van der Waals surface area contributed by atoms with E-state index in [2.05, 4.69) is 0 Å². The van der Waals surface area contributed by atoms with E-state index in [0.717, 1.165) is 0 Å². The minimum atomic E-state index is -0.559. The molecule has 0 radical (unpaired) electrons. The van der Waals surface area contributed by atoms with Crippen LogP contribution in [-0.2, 0) is 4.79 Å². The normalized spacial score (nSPS) is 10.0. The number of benzene rings is 2. The molecule has 0 saturated heterocycles. The van der Waals surface area contributed by atoms with Gasteiger partial charge in [-0.15, -0.1) is 0 Å². The summed E-state index contributed by atoms with van der Waals surface area (Å²) in [5.74, 6) is 0.163. The highest BCUT2D eigenvalue weighted by molar-refractivity contribution is 5.94. The van der Waals surface area contributed by atoms with Crippen LogP contribution in [0.1, 0.15) is 34.6 Å². The van der Waals surface area contributed by atoms with Crippen LogP contribution in [0.25, 0.3) is 0 Å². The zero-order valence-corrected chi connectivity index (χ0v) is 12.9. The van der Waals surface area contributed by atoms with Crippen LogP contribution in [0.3, 0.4) is 0 Å². The summed E-state index contributed by atoms with van der Waals surface area (Å²) in [6.07, 6.45) is 0. The quantitative estimate of drug-likeness (QED) is 0.466. The lowest BCUT2D eigenvalue weighted by atomic mass is 10.1. The number of esters is 1. The zero-order valence-electron chi connectivity index (χ0n) is 12.9. The molecule has 0 aliphatic heterocycles. The predicted octanol–water partition coefficient (Wildman–Crippen LogP) is 3.08. The molecule has 5 heteroatoms. The molecule has 0 atom stereocenters. The molecule has 118 valence electrons. The van der Waals surface area contributed by atoms with Crippen LogP contribution in [0.5, 0.6) is 11.5 Å². The van der Waals surface area contributed by atoms with Gasteiger partial charge < -0.3 is 9.47 Å². The molecule has 0 amide bonds. The molecule has 0 fully saturated rings. The number of carbonyl (C=O) groups excluding carboxylic acids is 3. The number of carbonyl (C=O) groups is 3. The summed E-state index contributed by atoms with van der Waals surface area (Å²) < 4.78 is 10.4. The Bertz CT molecular complexity index is 714. The standard InChI is InChI=1S/C18H16O5/c1-12(19)14-3-7-16(8-4-14)22-11-18(21)23-17-9-5-15(6-10-17)13(2)20/h3-10H,11H2,1-2H3. The van der Waals surface area contributed by atoms with Crippen molar-refractivity contribution in [3.8, 4) is 11.5 Å². The van der Waals surface area contributed by atoms with Gasteiger partial charge in [-0.05, 0) is 62.4 Å². The topological polar surface area (TPSA) is 69.7 Å². The van der Waals surface area contributed by atoms with Crippen molar-refractivity contribution in [2.45, 2.75) is 13.8 Å². The maximum atomic E-state index is 11.7. The number of hydrogen-bond donors (Lipinski definition) is 0. The Morgan fingerprint density at radius 1 is 0.739 bits per heavy atom. The minimum absolute atomic E-state index is 0.0371. The van der Waals surface area contributed by atoms with Crippen molar-refractivity contribution in [3.05, 3.63) is 59.7 Å². The largest absolute Gasteiger partial charge is 0.482 e. The molecular formula is C18H16O5. The van der Waals surface area contributed by atoms with Crippen molar-refractivity contribution in [2.75, 3.05) is 6.61 Å². The Labute approximate surface area is 133 Å². The molecule has 2 aromatic carbocycles. The van der Waals surface area contributed by atoms with E-state index >= 15 is 0 Å². The first-order chi connectivity index (χ1) is 11.0. The third-order valence-electron chi connectivity index (χ3n) is 3.11. The number of ether oxygens (including phenoxy) is 2. The average molecular weight is 312 g/mol. The van der Waals surface area contributed by atoms with Gasteiger partial charge in [-0.3, -0.25) is 9.59 Å². The van der Waals surface area contributed by atoms with Crippen LogP contribution in [0.15, 0.2) is 48.5 Å². The fourth-order valence-electron chi connectivity index (χ4n) is 1.85. The van der Waals surface area contributed by atoms with Gasteiger partial charge in [0.15, 0.2) is 18.2 Å². The highest BCUT2D eigenvalue weighted by Crippen LogP contribution is 2.15. The van der Waals surface area contributed by atoms with Crippen molar-refractivity contribution in [2.24, 2.45) is 0 Å². The van der Waals surface area contributed by atoms with Gasteiger partial charge in [-0.25, -0.2) is 4.79 Å². The van der Waals surface area contributed by atoms with Gasteiger partial charge >= 0.3 is 5.97 Å². The van der Waals surface area contributed by atoms with Crippen molar-refractivity contribution in [3.63, 3.8) is 0 Å². The van der Waals surface area contributed by atoms with Crippen molar-refractivity contribution >= 4 is 17.5 Å². The monoisotopic (exact) mass is 312 g/mol. The number of rotatable bonds is 6. The molecule has 2 aromatic rings.